The number of alkyl halides is 5. The van der Waals surface area contributed by atoms with Crippen LogP contribution in [0.4, 0.5) is 22.0 Å². The zero-order valence-corrected chi connectivity index (χ0v) is 22.9. The zero-order chi connectivity index (χ0) is 30.4. The van der Waals surface area contributed by atoms with E-state index in [0.29, 0.717) is 5.75 Å². The Morgan fingerprint density at radius 2 is 1.52 bits per heavy atom. The molecule has 1 amide bonds. The SMILES string of the molecule is COc1ccc([C@H](NC(=O)[C@H](C)CC(=O)C(F)(F)c2cccc(Cl)c2)C(=O)C[C@H](C(=O)C(F)(F)F)C(C)C)cc1. The molecule has 0 aliphatic heterocycles. The number of ketones is 3. The molecule has 12 heteroatoms. The molecule has 2 aromatic rings. The van der Waals surface area contributed by atoms with E-state index in [0.717, 1.165) is 12.1 Å². The fraction of sp³-hybridized carbons (Fsp3) is 0.429. The molecule has 0 fully saturated rings. The average molecular weight is 590 g/mol. The van der Waals surface area contributed by atoms with Crippen LogP contribution in [-0.4, -0.2) is 36.5 Å². The van der Waals surface area contributed by atoms with Crippen molar-refractivity contribution in [2.24, 2.45) is 17.8 Å². The van der Waals surface area contributed by atoms with Gasteiger partial charge in [0.05, 0.1) is 7.11 Å². The molecule has 218 valence electrons. The number of nitrogens with one attached hydrogen (secondary N) is 1. The van der Waals surface area contributed by atoms with Crippen molar-refractivity contribution in [2.75, 3.05) is 7.11 Å². The lowest BCUT2D eigenvalue weighted by atomic mass is 9.84. The Kier molecular flexibility index (Phi) is 11.0. The molecule has 3 atom stereocenters. The summed E-state index contributed by atoms with van der Waals surface area (Å²) < 4.78 is 74.0. The van der Waals surface area contributed by atoms with Gasteiger partial charge in [0.1, 0.15) is 11.8 Å². The summed E-state index contributed by atoms with van der Waals surface area (Å²) in [6.45, 7) is 3.91. The van der Waals surface area contributed by atoms with Crippen LogP contribution in [0.2, 0.25) is 5.02 Å². The van der Waals surface area contributed by atoms with Crippen molar-refractivity contribution in [1.29, 1.82) is 0 Å². The van der Waals surface area contributed by atoms with Crippen LogP contribution in [-0.2, 0) is 25.1 Å². The van der Waals surface area contributed by atoms with E-state index in [1.807, 2.05) is 0 Å². The summed E-state index contributed by atoms with van der Waals surface area (Å²) in [5, 5.41) is 2.34. The first-order valence-corrected chi connectivity index (χ1v) is 12.6. The number of amides is 1. The van der Waals surface area contributed by atoms with E-state index < -0.39 is 77.6 Å². The Morgan fingerprint density at radius 1 is 0.925 bits per heavy atom. The number of carbonyl (C=O) groups excluding carboxylic acids is 4. The van der Waals surface area contributed by atoms with Crippen molar-refractivity contribution in [3.05, 3.63) is 64.7 Å². The molecule has 0 saturated heterocycles. The minimum Gasteiger partial charge on any atom is -0.497 e. The largest absolute Gasteiger partial charge is 0.497 e. The lowest BCUT2D eigenvalue weighted by Gasteiger charge is -2.25. The Morgan fingerprint density at radius 3 is 2.02 bits per heavy atom. The predicted octanol–water partition coefficient (Wildman–Crippen LogP) is 6.26. The summed E-state index contributed by atoms with van der Waals surface area (Å²) in [5.41, 5.74) is -0.498. The van der Waals surface area contributed by atoms with Gasteiger partial charge in [0, 0.05) is 35.3 Å². The Hall–Kier alpha value is -3.34. The minimum absolute atomic E-state index is 0.0136. The lowest BCUT2D eigenvalue weighted by Crippen LogP contribution is -2.41. The molecule has 6 nitrogen and oxygen atoms in total. The third kappa shape index (κ3) is 8.33. The molecule has 0 radical (unpaired) electrons. The van der Waals surface area contributed by atoms with E-state index in [2.05, 4.69) is 5.32 Å². The van der Waals surface area contributed by atoms with Crippen molar-refractivity contribution in [2.45, 2.75) is 51.8 Å². The molecule has 0 aliphatic rings. The van der Waals surface area contributed by atoms with E-state index in [-0.39, 0.29) is 10.6 Å². The van der Waals surface area contributed by atoms with Crippen LogP contribution in [0.1, 0.15) is 50.8 Å². The van der Waals surface area contributed by atoms with Gasteiger partial charge in [-0.15, -0.1) is 0 Å². The molecule has 0 spiro atoms. The predicted molar refractivity (Wildman–Crippen MR) is 137 cm³/mol. The fourth-order valence-electron chi connectivity index (χ4n) is 3.95. The quantitative estimate of drug-likeness (QED) is 0.279. The molecular weight excluding hydrogens is 561 g/mol. The monoisotopic (exact) mass is 589 g/mol. The molecule has 40 heavy (non-hydrogen) atoms. The molecule has 0 bridgehead atoms. The Bertz CT molecular complexity index is 1230. The standard InChI is InChI=1S/C28H29ClF5NO5/c1-15(2)21(25(38)28(32,33)34)14-22(36)24(17-8-10-20(40-4)11-9-17)35-26(39)16(3)12-23(37)27(30,31)18-6-5-7-19(29)13-18/h5-11,13,15-16,21,24H,12,14H2,1-4H3,(H,35,39)/t16-,21+,24+/m1/s1. The van der Waals surface area contributed by atoms with Crippen molar-refractivity contribution >= 4 is 34.9 Å². The normalized spacial score (nSPS) is 14.3. The van der Waals surface area contributed by atoms with Gasteiger partial charge in [-0.25, -0.2) is 0 Å². The van der Waals surface area contributed by atoms with Gasteiger partial charge < -0.3 is 10.1 Å². The summed E-state index contributed by atoms with van der Waals surface area (Å²) in [7, 11) is 1.38. The molecule has 0 aliphatic carbocycles. The van der Waals surface area contributed by atoms with Crippen LogP contribution >= 0.6 is 11.6 Å². The van der Waals surface area contributed by atoms with Crippen LogP contribution < -0.4 is 10.1 Å². The second kappa shape index (κ2) is 13.3. The van der Waals surface area contributed by atoms with Gasteiger partial charge in [0.2, 0.25) is 17.5 Å². The van der Waals surface area contributed by atoms with Crippen molar-refractivity contribution in [3.63, 3.8) is 0 Å². The minimum atomic E-state index is -5.17. The number of ether oxygens (including phenoxy) is 1. The van der Waals surface area contributed by atoms with Crippen LogP contribution in [0.25, 0.3) is 0 Å². The van der Waals surface area contributed by atoms with Crippen LogP contribution in [0.5, 0.6) is 5.75 Å². The van der Waals surface area contributed by atoms with Crippen molar-refractivity contribution in [3.8, 4) is 5.75 Å². The second-order valence-corrected chi connectivity index (χ2v) is 10.1. The average Bonchev–Trinajstić information content (AvgIpc) is 2.88. The van der Waals surface area contributed by atoms with Gasteiger partial charge in [-0.05, 0) is 35.7 Å². The van der Waals surface area contributed by atoms with E-state index in [1.54, 1.807) is 0 Å². The first-order chi connectivity index (χ1) is 18.5. The number of hydrogen-bond donors (Lipinski definition) is 1. The van der Waals surface area contributed by atoms with Crippen molar-refractivity contribution < 1.29 is 45.9 Å². The fourth-order valence-corrected chi connectivity index (χ4v) is 4.14. The summed E-state index contributed by atoms with van der Waals surface area (Å²) in [6, 6.07) is 8.68. The maximum atomic E-state index is 14.7. The summed E-state index contributed by atoms with van der Waals surface area (Å²) >= 11 is 5.74. The maximum absolute atomic E-state index is 14.7. The van der Waals surface area contributed by atoms with Crippen LogP contribution in [0.15, 0.2) is 48.5 Å². The number of rotatable bonds is 13. The highest BCUT2D eigenvalue weighted by atomic mass is 35.5. The highest BCUT2D eigenvalue weighted by molar-refractivity contribution is 6.30. The molecule has 0 heterocycles. The van der Waals surface area contributed by atoms with Crippen molar-refractivity contribution in [1.82, 2.24) is 5.32 Å². The number of halogens is 6. The first kappa shape index (κ1) is 32.9. The molecule has 2 aromatic carbocycles. The summed E-state index contributed by atoms with van der Waals surface area (Å²) in [5.74, 6) is -13.0. The molecular formula is C28H29ClF5NO5. The smallest absolute Gasteiger partial charge is 0.450 e. The van der Waals surface area contributed by atoms with E-state index in [9.17, 15) is 41.1 Å². The van der Waals surface area contributed by atoms with Crippen LogP contribution in [0, 0.1) is 17.8 Å². The number of methoxy groups -OCH3 is 1. The Labute approximate surface area is 233 Å². The summed E-state index contributed by atoms with van der Waals surface area (Å²) in [4.78, 5) is 50.6. The lowest BCUT2D eigenvalue weighted by molar-refractivity contribution is -0.177. The van der Waals surface area contributed by atoms with E-state index in [4.69, 9.17) is 16.3 Å². The topological polar surface area (TPSA) is 89.5 Å². The Balaban J connectivity index is 2.29. The number of carbonyl (C=O) groups is 4. The number of Topliss-reactive ketones (excluding diaryl/α,β-unsaturated/α-hetero) is 3. The molecule has 2 rings (SSSR count). The highest BCUT2D eigenvalue weighted by Gasteiger charge is 2.46. The van der Waals surface area contributed by atoms with Gasteiger partial charge in [0.15, 0.2) is 5.78 Å². The third-order valence-corrected chi connectivity index (χ3v) is 6.61. The molecule has 0 aromatic heterocycles. The highest BCUT2D eigenvalue weighted by Crippen LogP contribution is 2.34. The third-order valence-electron chi connectivity index (χ3n) is 6.38. The zero-order valence-electron chi connectivity index (χ0n) is 22.2. The van der Waals surface area contributed by atoms with Gasteiger partial charge >= 0.3 is 12.1 Å². The van der Waals surface area contributed by atoms with E-state index in [1.165, 1.54) is 64.3 Å². The number of hydrogen-bond acceptors (Lipinski definition) is 5. The first-order valence-electron chi connectivity index (χ1n) is 12.2. The van der Waals surface area contributed by atoms with E-state index >= 15 is 0 Å². The van der Waals surface area contributed by atoms with Gasteiger partial charge in [-0.2, -0.15) is 22.0 Å². The van der Waals surface area contributed by atoms with Gasteiger partial charge in [-0.1, -0.05) is 56.6 Å². The summed E-state index contributed by atoms with van der Waals surface area (Å²) in [6.07, 6.45) is -6.92. The molecule has 0 unspecified atom stereocenters. The van der Waals surface area contributed by atoms with Gasteiger partial charge in [0.25, 0.3) is 0 Å². The molecule has 0 saturated carbocycles. The number of benzene rings is 2. The maximum Gasteiger partial charge on any atom is 0.450 e. The van der Waals surface area contributed by atoms with Crippen LogP contribution in [0.3, 0.4) is 0 Å². The second-order valence-electron chi connectivity index (χ2n) is 9.71. The molecule has 1 N–H and O–H groups in total. The van der Waals surface area contributed by atoms with Gasteiger partial charge in [-0.3, -0.25) is 19.2 Å².